The lowest BCUT2D eigenvalue weighted by atomic mass is 10.0. The molecule has 3 unspecified atom stereocenters. The molecule has 0 aliphatic heterocycles. The van der Waals surface area contributed by atoms with Gasteiger partial charge in [-0.1, -0.05) is 29.8 Å². The van der Waals surface area contributed by atoms with Crippen molar-refractivity contribution in [2.45, 2.75) is 50.1 Å². The molecular formula is C31H24ClF7N4O2. The predicted octanol–water partition coefficient (Wildman–Crippen LogP) is 8.83. The number of imidazole rings is 1. The Kier molecular flexibility index (Phi) is 7.37. The first kappa shape index (κ1) is 30.9. The Labute approximate surface area is 256 Å². The van der Waals surface area contributed by atoms with Gasteiger partial charge in [-0.2, -0.15) is 26.3 Å². The minimum absolute atomic E-state index is 0.00337. The Hall–Kier alpha value is -4.13. The number of benzene rings is 3. The van der Waals surface area contributed by atoms with E-state index in [1.807, 2.05) is 0 Å². The quantitative estimate of drug-likeness (QED) is 0.174. The first-order chi connectivity index (χ1) is 21.1. The highest BCUT2D eigenvalue weighted by Gasteiger charge is 2.66. The Balaban J connectivity index is 1.29. The van der Waals surface area contributed by atoms with E-state index in [2.05, 4.69) is 20.6 Å². The number of aromatic nitrogens is 2. The molecule has 0 saturated heterocycles. The molecule has 4 aromatic rings. The van der Waals surface area contributed by atoms with E-state index >= 15 is 0 Å². The molecule has 1 heterocycles. The van der Waals surface area contributed by atoms with Crippen molar-refractivity contribution in [3.63, 3.8) is 0 Å². The van der Waals surface area contributed by atoms with E-state index in [0.29, 0.717) is 16.3 Å². The lowest BCUT2D eigenvalue weighted by Crippen LogP contribution is -2.29. The number of hydrogen-bond donors (Lipinski definition) is 3. The summed E-state index contributed by atoms with van der Waals surface area (Å²) in [6.07, 6.45) is -11.5. The fraction of sp³-hybridized carbons (Fsp3) is 0.323. The second-order valence-electron chi connectivity index (χ2n) is 11.5. The molecule has 236 valence electrons. The zero-order valence-corrected chi connectivity index (χ0v) is 24.1. The van der Waals surface area contributed by atoms with Crippen LogP contribution >= 0.6 is 11.6 Å². The third-order valence-corrected chi connectivity index (χ3v) is 8.89. The number of alkyl halides is 7. The van der Waals surface area contributed by atoms with Crippen molar-refractivity contribution in [3.05, 3.63) is 87.7 Å². The SMILES string of the molecule is Cc1c(Cl)cccc1NC(=O)c1cc(NC(=O)c2ccc(C(F)C3CC3C(F)(F)F)cc2)cc2[nH]c(C3(C(F)(F)F)CC3)nc12. The number of amides is 2. The maximum Gasteiger partial charge on any atom is 0.401 e. The van der Waals surface area contributed by atoms with E-state index in [4.69, 9.17) is 11.6 Å². The van der Waals surface area contributed by atoms with Gasteiger partial charge in [0.1, 0.15) is 22.9 Å². The first-order valence-electron chi connectivity index (χ1n) is 13.9. The summed E-state index contributed by atoms with van der Waals surface area (Å²) in [5.74, 6) is -4.65. The zero-order valence-electron chi connectivity index (χ0n) is 23.3. The normalized spacial score (nSPS) is 19.7. The minimum Gasteiger partial charge on any atom is -0.341 e. The number of carbonyl (C=O) groups is 2. The van der Waals surface area contributed by atoms with Crippen molar-refractivity contribution in [3.8, 4) is 0 Å². The summed E-state index contributed by atoms with van der Waals surface area (Å²) in [6.45, 7) is 1.67. The largest absolute Gasteiger partial charge is 0.401 e. The average molecular weight is 653 g/mol. The molecule has 0 bridgehead atoms. The minimum atomic E-state index is -4.57. The number of rotatable bonds is 7. The smallest absolute Gasteiger partial charge is 0.341 e. The number of fused-ring (bicyclic) bond motifs is 1. The van der Waals surface area contributed by atoms with Crippen LogP contribution in [0.4, 0.5) is 42.1 Å². The van der Waals surface area contributed by atoms with Gasteiger partial charge in [0.25, 0.3) is 11.8 Å². The van der Waals surface area contributed by atoms with Crippen LogP contribution in [0.15, 0.2) is 54.6 Å². The molecule has 2 saturated carbocycles. The number of nitrogens with one attached hydrogen (secondary N) is 3. The van der Waals surface area contributed by atoms with E-state index in [1.54, 1.807) is 25.1 Å². The molecule has 6 rings (SSSR count). The van der Waals surface area contributed by atoms with Crippen LogP contribution in [0.1, 0.15) is 63.1 Å². The molecule has 2 aliphatic carbocycles. The molecule has 45 heavy (non-hydrogen) atoms. The Morgan fingerprint density at radius 2 is 1.69 bits per heavy atom. The molecule has 0 radical (unpaired) electrons. The van der Waals surface area contributed by atoms with Crippen LogP contribution in [0.25, 0.3) is 11.0 Å². The lowest BCUT2D eigenvalue weighted by molar-refractivity contribution is -0.162. The summed E-state index contributed by atoms with van der Waals surface area (Å²) in [5.41, 5.74) is -1.25. The highest BCUT2D eigenvalue weighted by molar-refractivity contribution is 6.31. The summed E-state index contributed by atoms with van der Waals surface area (Å²) in [7, 11) is 0. The van der Waals surface area contributed by atoms with Crippen molar-refractivity contribution < 1.29 is 40.3 Å². The number of hydrogen-bond acceptors (Lipinski definition) is 3. The van der Waals surface area contributed by atoms with Crippen molar-refractivity contribution >= 4 is 45.8 Å². The van der Waals surface area contributed by atoms with Gasteiger partial charge in [0.2, 0.25) is 0 Å². The monoisotopic (exact) mass is 652 g/mol. The molecular weight excluding hydrogens is 629 g/mol. The molecule has 2 aliphatic rings. The Morgan fingerprint density at radius 1 is 1.00 bits per heavy atom. The molecule has 3 atom stereocenters. The van der Waals surface area contributed by atoms with Gasteiger partial charge in [-0.25, -0.2) is 9.37 Å². The van der Waals surface area contributed by atoms with Gasteiger partial charge in [0.05, 0.1) is 17.0 Å². The first-order valence-corrected chi connectivity index (χ1v) is 14.3. The van der Waals surface area contributed by atoms with Gasteiger partial charge in [-0.05, 0) is 73.7 Å². The number of H-pyrrole nitrogens is 1. The van der Waals surface area contributed by atoms with Crippen molar-refractivity contribution in [2.24, 2.45) is 11.8 Å². The van der Waals surface area contributed by atoms with E-state index in [1.165, 1.54) is 36.4 Å². The number of aromatic amines is 1. The Morgan fingerprint density at radius 3 is 2.29 bits per heavy atom. The molecule has 3 aromatic carbocycles. The lowest BCUT2D eigenvalue weighted by Gasteiger charge is -2.16. The maximum absolute atomic E-state index is 14.7. The van der Waals surface area contributed by atoms with Gasteiger partial charge in [0.15, 0.2) is 0 Å². The van der Waals surface area contributed by atoms with Crippen LogP contribution in [0.3, 0.4) is 0 Å². The predicted molar refractivity (Wildman–Crippen MR) is 153 cm³/mol. The van der Waals surface area contributed by atoms with Crippen LogP contribution < -0.4 is 10.6 Å². The number of halogens is 8. The standard InChI is InChI=1S/C31H24ClF7N4O2/c1-14-21(32)3-2-4-22(14)41-27(45)19-11-17(12-23-25(19)43-28(42-23)29(9-10-29)31(37,38)39)40-26(44)16-7-5-15(6-8-16)24(33)18-13-20(18)30(34,35)36/h2-8,11-12,18,20,24H,9-10,13H2,1H3,(H,40,44)(H,41,45)(H,42,43). The van der Waals surface area contributed by atoms with Crippen LogP contribution in [-0.4, -0.2) is 34.1 Å². The molecule has 1 aromatic heterocycles. The average Bonchev–Trinajstić information content (AvgIpc) is 3.90. The van der Waals surface area contributed by atoms with Gasteiger partial charge in [-0.15, -0.1) is 0 Å². The van der Waals surface area contributed by atoms with Crippen LogP contribution in [0, 0.1) is 18.8 Å². The van der Waals surface area contributed by atoms with Crippen molar-refractivity contribution in [2.75, 3.05) is 10.6 Å². The molecule has 2 fully saturated rings. The second kappa shape index (κ2) is 10.7. The van der Waals surface area contributed by atoms with Crippen LogP contribution in [0.2, 0.25) is 5.02 Å². The summed E-state index contributed by atoms with van der Waals surface area (Å²) >= 11 is 6.16. The molecule has 6 nitrogen and oxygen atoms in total. The van der Waals surface area contributed by atoms with Gasteiger partial charge in [0, 0.05) is 27.9 Å². The molecule has 2 amide bonds. The molecule has 0 spiro atoms. The van der Waals surface area contributed by atoms with Crippen LogP contribution in [-0.2, 0) is 5.41 Å². The maximum atomic E-state index is 14.7. The third-order valence-electron chi connectivity index (χ3n) is 8.48. The van der Waals surface area contributed by atoms with E-state index < -0.39 is 47.6 Å². The van der Waals surface area contributed by atoms with Crippen molar-refractivity contribution in [1.29, 1.82) is 0 Å². The summed E-state index contributed by atoms with van der Waals surface area (Å²) in [5, 5.41) is 5.65. The van der Waals surface area contributed by atoms with Gasteiger partial charge in [-0.3, -0.25) is 9.59 Å². The van der Waals surface area contributed by atoms with E-state index in [-0.39, 0.29) is 58.5 Å². The van der Waals surface area contributed by atoms with Crippen molar-refractivity contribution in [1.82, 2.24) is 9.97 Å². The number of anilines is 2. The summed E-state index contributed by atoms with van der Waals surface area (Å²) in [4.78, 5) is 33.4. The van der Waals surface area contributed by atoms with E-state index in [9.17, 15) is 40.3 Å². The molecule has 14 heteroatoms. The molecule has 3 N–H and O–H groups in total. The summed E-state index contributed by atoms with van der Waals surface area (Å²) < 4.78 is 95.0. The van der Waals surface area contributed by atoms with Gasteiger partial charge >= 0.3 is 12.4 Å². The highest BCUT2D eigenvalue weighted by atomic mass is 35.5. The second-order valence-corrected chi connectivity index (χ2v) is 11.9. The zero-order chi connectivity index (χ0) is 32.5. The van der Waals surface area contributed by atoms with Crippen LogP contribution in [0.5, 0.6) is 0 Å². The third kappa shape index (κ3) is 5.73. The fourth-order valence-corrected chi connectivity index (χ4v) is 5.66. The topological polar surface area (TPSA) is 86.9 Å². The van der Waals surface area contributed by atoms with E-state index in [0.717, 1.165) is 0 Å². The Bertz CT molecular complexity index is 1810. The highest BCUT2D eigenvalue weighted by Crippen LogP contribution is 2.58. The van der Waals surface area contributed by atoms with Gasteiger partial charge < -0.3 is 15.6 Å². The number of nitrogens with zero attached hydrogens (tertiary/aromatic N) is 1. The fourth-order valence-electron chi connectivity index (χ4n) is 5.48. The summed E-state index contributed by atoms with van der Waals surface area (Å²) in [6, 6.07) is 12.4. The number of carbonyl (C=O) groups excluding carboxylic acids is 2.